The van der Waals surface area contributed by atoms with Crippen molar-refractivity contribution in [1.29, 1.82) is 0 Å². The van der Waals surface area contributed by atoms with Crippen LogP contribution < -0.4 is 5.19 Å². The maximum absolute atomic E-state index is 8.79. The Morgan fingerprint density at radius 1 is 0.652 bits per heavy atom. The maximum atomic E-state index is 8.79. The summed E-state index contributed by atoms with van der Waals surface area (Å²) in [4.78, 5) is 9.98. The molecule has 11 rings (SSSR count). The molecule has 8 aromatic carbocycles. The van der Waals surface area contributed by atoms with Gasteiger partial charge in [0.2, 0.25) is 0 Å². The van der Waals surface area contributed by atoms with Gasteiger partial charge in [0.1, 0.15) is 0 Å². The Balaban J connectivity index is 0.000000207. The molecule has 0 aliphatic heterocycles. The summed E-state index contributed by atoms with van der Waals surface area (Å²) in [5.41, 5.74) is 13.2. The first kappa shape index (κ1) is 41.5. The Kier molecular flexibility index (Phi) is 11.3. The van der Waals surface area contributed by atoms with Crippen molar-refractivity contribution in [2.24, 2.45) is 5.41 Å². The molecule has 0 amide bonds. The zero-order valence-electron chi connectivity index (χ0n) is 45.8. The summed E-state index contributed by atoms with van der Waals surface area (Å²) in [7, 11) is -1.81. The fourth-order valence-electron chi connectivity index (χ4n) is 9.84. The molecule has 347 valence electrons. The van der Waals surface area contributed by atoms with Crippen LogP contribution in [0.25, 0.3) is 93.8 Å². The summed E-state index contributed by atoms with van der Waals surface area (Å²) in [6, 6.07) is 59.3. The van der Waals surface area contributed by atoms with Crippen LogP contribution in [0, 0.1) is 38.2 Å². The van der Waals surface area contributed by atoms with E-state index in [1.807, 2.05) is 26.8 Å². The third kappa shape index (κ3) is 9.26. The fraction of sp³-hybridized carbons (Fsp3) is 0.206. The predicted molar refractivity (Wildman–Crippen MR) is 293 cm³/mol. The third-order valence-corrected chi connectivity index (χ3v) is 14.9. The number of aryl methyl sites for hydroxylation is 4. The topological polar surface area (TPSA) is 35.6 Å². The molecule has 0 saturated carbocycles. The molecule has 3 heterocycles. The molecule has 0 aliphatic carbocycles. The molecule has 6 heteroatoms. The average molecular weight is 1100 g/mol. The van der Waals surface area contributed by atoms with E-state index < -0.39 is 26.7 Å². The minimum Gasteiger partial charge on any atom is -0.381 e. The van der Waals surface area contributed by atoms with Gasteiger partial charge in [-0.05, 0) is 128 Å². The van der Waals surface area contributed by atoms with Crippen LogP contribution in [0.3, 0.4) is 0 Å². The van der Waals surface area contributed by atoms with Crippen molar-refractivity contribution < 1.29 is 27.0 Å². The number of pyridine rings is 1. The van der Waals surface area contributed by atoms with Crippen LogP contribution in [0.1, 0.15) is 56.8 Å². The first-order chi connectivity index (χ1) is 34.6. The molecule has 4 nitrogen and oxygen atoms in total. The molecule has 0 N–H and O–H groups in total. The molecule has 69 heavy (non-hydrogen) atoms. The molecular formula is C63H60IrN4Si-2. The Hall–Kier alpha value is -6.43. The van der Waals surface area contributed by atoms with Gasteiger partial charge in [0.15, 0.2) is 0 Å². The minimum atomic E-state index is -2.17. The van der Waals surface area contributed by atoms with E-state index in [9.17, 15) is 0 Å². The summed E-state index contributed by atoms with van der Waals surface area (Å²) in [6.07, 6.45) is 0.269. The van der Waals surface area contributed by atoms with E-state index in [0.717, 1.165) is 34.2 Å². The minimum absolute atomic E-state index is 0. The van der Waals surface area contributed by atoms with Crippen LogP contribution in [0.4, 0.5) is 0 Å². The number of benzene rings is 8. The Morgan fingerprint density at radius 3 is 2.04 bits per heavy atom. The summed E-state index contributed by atoms with van der Waals surface area (Å²) < 4.78 is 44.8. The largest absolute Gasteiger partial charge is 0.381 e. The van der Waals surface area contributed by atoms with Crippen molar-refractivity contribution in [3.05, 3.63) is 192 Å². The molecule has 0 saturated heterocycles. The zero-order valence-corrected chi connectivity index (χ0v) is 44.2. The van der Waals surface area contributed by atoms with E-state index >= 15 is 0 Å². The Morgan fingerprint density at radius 2 is 1.35 bits per heavy atom. The number of para-hydroxylation sites is 1. The van der Waals surface area contributed by atoms with Gasteiger partial charge in [-0.2, -0.15) is 0 Å². The predicted octanol–water partition coefficient (Wildman–Crippen LogP) is 16.2. The quantitative estimate of drug-likeness (QED) is 0.0906. The second-order valence-electron chi connectivity index (χ2n) is 20.1. The first-order valence-corrected chi connectivity index (χ1v) is 27.1. The normalized spacial score (nSPS) is 13.4. The van der Waals surface area contributed by atoms with Crippen molar-refractivity contribution in [1.82, 2.24) is 19.1 Å². The van der Waals surface area contributed by atoms with Gasteiger partial charge in [0, 0.05) is 50.9 Å². The molecule has 3 aromatic heterocycles. The van der Waals surface area contributed by atoms with Gasteiger partial charge in [0.25, 0.3) is 0 Å². The number of nitrogens with zero attached hydrogens (tertiary/aromatic N) is 4. The average Bonchev–Trinajstić information content (AvgIpc) is 3.89. The maximum Gasteiger partial charge on any atom is 0.0798 e. The van der Waals surface area contributed by atoms with E-state index in [2.05, 4.69) is 194 Å². The van der Waals surface area contributed by atoms with Crippen molar-refractivity contribution in [3.8, 4) is 39.5 Å². The Labute approximate surface area is 429 Å². The summed E-state index contributed by atoms with van der Waals surface area (Å²) in [5.74, 6) is 0.906. The second kappa shape index (κ2) is 18.8. The SMILES string of the molecule is CCn1c2c[c-]c(-c3nc4cc5c(ccc6ccccc65)cc4n3-c3c(C)cc(-c4ccccc4)cc3C)cc2c2ccccc21.[2H]C([2H])([2H])c1c[c-]c(-c2cc(C([2H])([2H])C(C)(C)C)c([Si](C)(C)C)cn2)cc1.[Ir]. The van der Waals surface area contributed by atoms with E-state index in [0.29, 0.717) is 16.8 Å². The van der Waals surface area contributed by atoms with E-state index in [-0.39, 0.29) is 25.7 Å². The van der Waals surface area contributed by atoms with Crippen LogP contribution in [0.5, 0.6) is 0 Å². The molecule has 0 fully saturated rings. The van der Waals surface area contributed by atoms with Gasteiger partial charge in [-0.25, -0.2) is 0 Å². The van der Waals surface area contributed by atoms with Crippen LogP contribution in [-0.4, -0.2) is 27.2 Å². The summed E-state index contributed by atoms with van der Waals surface area (Å²) in [6.45, 7) is 17.6. The van der Waals surface area contributed by atoms with E-state index in [1.165, 1.54) is 77.4 Å². The standard InChI is InChI=1S/C43H32N3.C20H28NSi.Ir/c1-4-45-39-17-11-10-16-35(39)37-24-32(20-21-40(37)45)43-44-38-26-36-31(19-18-30-14-8-9-15-34(30)36)25-41(38)46(43)42-27(2)22-33(23-28(42)3)29-12-6-5-7-13-29;1-15-8-10-16(11-9-15)18-12-17(13-20(2,3)4)19(14-21-18)22(5,6)7;/h5-19,21-26H,4H2,1-3H3;8-10,12,14H,13H2,1-7H3;/q2*-1;/i;1D3,13D2;. The van der Waals surface area contributed by atoms with Crippen LogP contribution in [0.15, 0.2) is 158 Å². The number of imidazole rings is 1. The molecule has 0 spiro atoms. The molecule has 0 aliphatic rings. The van der Waals surface area contributed by atoms with Crippen LogP contribution in [0.2, 0.25) is 19.6 Å². The number of hydrogen-bond acceptors (Lipinski definition) is 2. The van der Waals surface area contributed by atoms with Crippen molar-refractivity contribution >= 4 is 67.6 Å². The molecule has 1 radical (unpaired) electrons. The van der Waals surface area contributed by atoms with Crippen LogP contribution >= 0.6 is 0 Å². The second-order valence-corrected chi connectivity index (χ2v) is 25.1. The van der Waals surface area contributed by atoms with E-state index in [4.69, 9.17) is 11.8 Å². The molecule has 11 aromatic rings. The van der Waals surface area contributed by atoms with Crippen molar-refractivity contribution in [3.63, 3.8) is 0 Å². The number of rotatable bonds is 7. The van der Waals surface area contributed by atoms with Crippen LogP contribution in [-0.2, 0) is 33.0 Å². The Bertz CT molecular complexity index is 3880. The number of hydrogen-bond donors (Lipinski definition) is 0. The van der Waals surface area contributed by atoms with Gasteiger partial charge in [-0.1, -0.05) is 149 Å². The monoisotopic (exact) mass is 1100 g/mol. The van der Waals surface area contributed by atoms with Gasteiger partial charge in [-0.15, -0.1) is 59.2 Å². The zero-order chi connectivity index (χ0) is 51.8. The van der Waals surface area contributed by atoms with Gasteiger partial charge < -0.3 is 14.1 Å². The number of fused-ring (bicyclic) bond motifs is 7. The van der Waals surface area contributed by atoms with Gasteiger partial charge >= 0.3 is 0 Å². The molecule has 0 atom stereocenters. The first-order valence-electron chi connectivity index (χ1n) is 26.1. The van der Waals surface area contributed by atoms with E-state index in [1.54, 1.807) is 18.3 Å². The molecular weight excluding hydrogens is 1030 g/mol. The summed E-state index contributed by atoms with van der Waals surface area (Å²) >= 11 is 0. The smallest absolute Gasteiger partial charge is 0.0798 e. The fourth-order valence-corrected chi connectivity index (χ4v) is 11.2. The molecule has 0 unspecified atom stereocenters. The molecule has 0 bridgehead atoms. The van der Waals surface area contributed by atoms with Crippen molar-refractivity contribution in [2.45, 2.75) is 81.0 Å². The number of aromatic nitrogens is 4. The third-order valence-electron chi connectivity index (χ3n) is 12.9. The van der Waals surface area contributed by atoms with Crippen molar-refractivity contribution in [2.75, 3.05) is 0 Å². The van der Waals surface area contributed by atoms with Gasteiger partial charge in [0.05, 0.1) is 24.9 Å². The summed E-state index contributed by atoms with van der Waals surface area (Å²) in [5, 5.41) is 8.41. The van der Waals surface area contributed by atoms with Gasteiger partial charge in [-0.3, -0.25) is 4.98 Å².